The lowest BCUT2D eigenvalue weighted by Crippen LogP contribution is -2.34. The van der Waals surface area contributed by atoms with Crippen LogP contribution in [0, 0.1) is 0 Å². The van der Waals surface area contributed by atoms with E-state index in [9.17, 15) is 4.79 Å². The number of amides is 1. The fraction of sp³-hybridized carbons (Fsp3) is 0.400. The van der Waals surface area contributed by atoms with E-state index in [-0.39, 0.29) is 0 Å². The number of ether oxygens (including phenoxy) is 2. The van der Waals surface area contributed by atoms with Crippen LogP contribution >= 0.6 is 0 Å². The number of alkyl carbamates (subject to hydrolysis) is 1. The molecule has 1 aromatic heterocycles. The second-order valence-electron chi connectivity index (χ2n) is 5.47. The Morgan fingerprint density at radius 1 is 1.30 bits per heavy atom. The van der Waals surface area contributed by atoms with Crippen LogP contribution in [0.4, 0.5) is 4.79 Å². The Labute approximate surface area is 118 Å². The zero-order chi connectivity index (χ0) is 14.6. The maximum atomic E-state index is 11.4. The highest BCUT2D eigenvalue weighted by molar-refractivity contribution is 5.85. The molecule has 2 aromatic rings. The molecule has 0 aliphatic heterocycles. The normalized spacial score (nSPS) is 11.3. The van der Waals surface area contributed by atoms with E-state index < -0.39 is 11.7 Å². The third-order valence-electron chi connectivity index (χ3n) is 2.58. The molecule has 0 aliphatic rings. The van der Waals surface area contributed by atoms with Crippen LogP contribution in [-0.2, 0) is 4.74 Å². The first-order chi connectivity index (χ1) is 9.46. The van der Waals surface area contributed by atoms with Gasteiger partial charge in [0.05, 0.1) is 6.54 Å². The number of H-pyrrole nitrogens is 1. The highest BCUT2D eigenvalue weighted by atomic mass is 16.6. The molecule has 0 fully saturated rings. The summed E-state index contributed by atoms with van der Waals surface area (Å²) in [6, 6.07) is 7.78. The Kier molecular flexibility index (Phi) is 4.17. The van der Waals surface area contributed by atoms with Crippen molar-refractivity contribution in [2.75, 3.05) is 13.2 Å². The van der Waals surface area contributed by atoms with Crippen molar-refractivity contribution in [2.24, 2.45) is 0 Å². The molecule has 2 rings (SSSR count). The smallest absolute Gasteiger partial charge is 0.407 e. The van der Waals surface area contributed by atoms with Gasteiger partial charge in [0.2, 0.25) is 0 Å². The predicted octanol–water partition coefficient (Wildman–Crippen LogP) is 3.07. The minimum absolute atomic E-state index is 0.392. The second-order valence-corrected chi connectivity index (χ2v) is 5.47. The van der Waals surface area contributed by atoms with Gasteiger partial charge in [0, 0.05) is 17.1 Å². The molecule has 20 heavy (non-hydrogen) atoms. The van der Waals surface area contributed by atoms with Crippen LogP contribution in [0.2, 0.25) is 0 Å². The van der Waals surface area contributed by atoms with Gasteiger partial charge in [-0.2, -0.15) is 0 Å². The molecule has 0 saturated carbocycles. The van der Waals surface area contributed by atoms with Gasteiger partial charge in [-0.3, -0.25) is 0 Å². The third-order valence-corrected chi connectivity index (χ3v) is 2.58. The Morgan fingerprint density at radius 3 is 2.85 bits per heavy atom. The van der Waals surface area contributed by atoms with Crippen molar-refractivity contribution in [3.8, 4) is 5.75 Å². The van der Waals surface area contributed by atoms with E-state index in [1.165, 1.54) is 0 Å². The number of benzene rings is 1. The molecule has 0 radical (unpaired) electrons. The van der Waals surface area contributed by atoms with Gasteiger partial charge in [-0.1, -0.05) is 6.07 Å². The summed E-state index contributed by atoms with van der Waals surface area (Å²) < 4.78 is 10.8. The lowest BCUT2D eigenvalue weighted by atomic mass is 10.2. The lowest BCUT2D eigenvalue weighted by molar-refractivity contribution is 0.0520. The van der Waals surface area contributed by atoms with Crippen molar-refractivity contribution in [1.82, 2.24) is 10.3 Å². The molecule has 1 amide bonds. The maximum Gasteiger partial charge on any atom is 0.407 e. The number of aromatic nitrogens is 1. The summed E-state index contributed by atoms with van der Waals surface area (Å²) >= 11 is 0. The topological polar surface area (TPSA) is 63.4 Å². The highest BCUT2D eigenvalue weighted by Crippen LogP contribution is 2.24. The standard InChI is InChI=1S/C15H20N2O3/c1-15(2,3)20-14(18)17-9-10-19-13-6-4-5-12-11(13)7-8-16-12/h4-8,16H,9-10H2,1-3H3,(H,17,18). The van der Waals surface area contributed by atoms with Crippen LogP contribution in [0.3, 0.4) is 0 Å². The summed E-state index contributed by atoms with van der Waals surface area (Å²) in [5.74, 6) is 0.801. The summed E-state index contributed by atoms with van der Waals surface area (Å²) in [5.41, 5.74) is 0.546. The monoisotopic (exact) mass is 276 g/mol. The van der Waals surface area contributed by atoms with Crippen LogP contribution in [0.5, 0.6) is 5.75 Å². The predicted molar refractivity (Wildman–Crippen MR) is 78.0 cm³/mol. The fourth-order valence-corrected chi connectivity index (χ4v) is 1.81. The van der Waals surface area contributed by atoms with E-state index in [2.05, 4.69) is 10.3 Å². The maximum absolute atomic E-state index is 11.4. The van der Waals surface area contributed by atoms with Crippen molar-refractivity contribution >= 4 is 17.0 Å². The molecular formula is C15H20N2O3. The molecule has 1 aromatic carbocycles. The number of carbonyl (C=O) groups is 1. The van der Waals surface area contributed by atoms with Gasteiger partial charge in [0.15, 0.2) is 0 Å². The Morgan fingerprint density at radius 2 is 2.10 bits per heavy atom. The van der Waals surface area contributed by atoms with Gasteiger partial charge in [0.1, 0.15) is 18.0 Å². The van der Waals surface area contributed by atoms with Crippen LogP contribution in [0.15, 0.2) is 30.5 Å². The van der Waals surface area contributed by atoms with E-state index in [0.29, 0.717) is 13.2 Å². The molecule has 5 heteroatoms. The summed E-state index contributed by atoms with van der Waals surface area (Å²) in [6.45, 7) is 6.28. The molecule has 2 N–H and O–H groups in total. The molecule has 5 nitrogen and oxygen atoms in total. The molecule has 1 heterocycles. The average Bonchev–Trinajstić information content (AvgIpc) is 2.81. The van der Waals surface area contributed by atoms with E-state index in [1.807, 2.05) is 51.2 Å². The minimum atomic E-state index is -0.484. The van der Waals surface area contributed by atoms with Crippen molar-refractivity contribution in [1.29, 1.82) is 0 Å². The molecule has 0 atom stereocenters. The van der Waals surface area contributed by atoms with Crippen LogP contribution < -0.4 is 10.1 Å². The van der Waals surface area contributed by atoms with Gasteiger partial charge in [0.25, 0.3) is 0 Å². The molecule has 0 unspecified atom stereocenters. The number of nitrogens with one attached hydrogen (secondary N) is 2. The van der Waals surface area contributed by atoms with Gasteiger partial charge in [-0.15, -0.1) is 0 Å². The number of rotatable bonds is 4. The number of aromatic amines is 1. The molecule has 0 aliphatic carbocycles. The van der Waals surface area contributed by atoms with E-state index >= 15 is 0 Å². The highest BCUT2D eigenvalue weighted by Gasteiger charge is 2.15. The van der Waals surface area contributed by atoms with Gasteiger partial charge in [-0.05, 0) is 39.0 Å². The fourth-order valence-electron chi connectivity index (χ4n) is 1.81. The summed E-state index contributed by atoms with van der Waals surface area (Å²) in [4.78, 5) is 14.6. The Bertz CT molecular complexity index is 584. The zero-order valence-corrected chi connectivity index (χ0v) is 12.0. The molecule has 108 valence electrons. The van der Waals surface area contributed by atoms with Crippen molar-refractivity contribution in [2.45, 2.75) is 26.4 Å². The lowest BCUT2D eigenvalue weighted by Gasteiger charge is -2.19. The first-order valence-corrected chi connectivity index (χ1v) is 6.61. The van der Waals surface area contributed by atoms with Crippen LogP contribution in [-0.4, -0.2) is 29.8 Å². The summed E-state index contributed by atoms with van der Waals surface area (Å²) in [7, 11) is 0. The summed E-state index contributed by atoms with van der Waals surface area (Å²) in [5, 5.41) is 3.69. The van der Waals surface area contributed by atoms with Gasteiger partial charge < -0.3 is 19.8 Å². The van der Waals surface area contributed by atoms with E-state index in [4.69, 9.17) is 9.47 Å². The third kappa shape index (κ3) is 3.91. The SMILES string of the molecule is CC(C)(C)OC(=O)NCCOc1cccc2[nH]ccc12. The number of fused-ring (bicyclic) bond motifs is 1. The van der Waals surface area contributed by atoms with Crippen molar-refractivity contribution in [3.05, 3.63) is 30.5 Å². The molecule has 0 spiro atoms. The van der Waals surface area contributed by atoms with E-state index in [1.54, 1.807) is 0 Å². The van der Waals surface area contributed by atoms with Crippen LogP contribution in [0.25, 0.3) is 10.9 Å². The molecule has 0 bridgehead atoms. The molecule has 0 saturated heterocycles. The quantitative estimate of drug-likeness (QED) is 0.843. The number of hydrogen-bond donors (Lipinski definition) is 2. The van der Waals surface area contributed by atoms with Gasteiger partial charge >= 0.3 is 6.09 Å². The minimum Gasteiger partial charge on any atom is -0.491 e. The zero-order valence-electron chi connectivity index (χ0n) is 12.0. The number of hydrogen-bond acceptors (Lipinski definition) is 3. The first kappa shape index (κ1) is 14.2. The van der Waals surface area contributed by atoms with Crippen LogP contribution in [0.1, 0.15) is 20.8 Å². The van der Waals surface area contributed by atoms with Gasteiger partial charge in [-0.25, -0.2) is 4.79 Å². The molecular weight excluding hydrogens is 256 g/mol. The van der Waals surface area contributed by atoms with Crippen molar-refractivity contribution in [3.63, 3.8) is 0 Å². The van der Waals surface area contributed by atoms with E-state index in [0.717, 1.165) is 16.7 Å². The largest absolute Gasteiger partial charge is 0.491 e. The average molecular weight is 276 g/mol. The second kappa shape index (κ2) is 5.86. The number of carbonyl (C=O) groups excluding carboxylic acids is 1. The van der Waals surface area contributed by atoms with Crippen molar-refractivity contribution < 1.29 is 14.3 Å². The first-order valence-electron chi connectivity index (χ1n) is 6.61. The Balaban J connectivity index is 1.79. The summed E-state index contributed by atoms with van der Waals surface area (Å²) in [6.07, 6.45) is 1.44. The Hall–Kier alpha value is -2.17.